The van der Waals surface area contributed by atoms with Gasteiger partial charge in [-0.3, -0.25) is 9.78 Å². The lowest BCUT2D eigenvalue weighted by molar-refractivity contribution is -0.640. The number of rotatable bonds is 5. The summed E-state index contributed by atoms with van der Waals surface area (Å²) in [5.41, 5.74) is 3.67. The third kappa shape index (κ3) is 5.27. The molecular weight excluding hydrogens is 515 g/mol. The van der Waals surface area contributed by atoms with E-state index in [1.165, 1.54) is 17.0 Å². The number of hydrogen-bond donors (Lipinski definition) is 1. The second-order valence-corrected chi connectivity index (χ2v) is 11.0. The molecule has 1 aliphatic carbocycles. The summed E-state index contributed by atoms with van der Waals surface area (Å²) in [6.45, 7) is 7.28. The average molecular weight is 554 g/mol. The maximum Gasteiger partial charge on any atom is 0.273 e. The minimum atomic E-state index is -0.0813. The molecule has 2 aromatic rings. The van der Waals surface area contributed by atoms with Gasteiger partial charge in [0.25, 0.3) is 5.15 Å². The first-order valence-electron chi connectivity index (χ1n) is 13.3. The molecule has 1 amide bonds. The van der Waals surface area contributed by atoms with Gasteiger partial charge in [0.05, 0.1) is 18.5 Å². The number of pyridine rings is 2. The summed E-state index contributed by atoms with van der Waals surface area (Å²) in [6, 6.07) is 10.7. The number of hydrogen-bond acceptors (Lipinski definition) is 2. The predicted molar refractivity (Wildman–Crippen MR) is 134 cm³/mol. The summed E-state index contributed by atoms with van der Waals surface area (Å²) in [7, 11) is 0. The van der Waals surface area contributed by atoms with Gasteiger partial charge in [0, 0.05) is 48.4 Å². The van der Waals surface area contributed by atoms with Gasteiger partial charge in [-0.05, 0) is 61.4 Å². The van der Waals surface area contributed by atoms with Crippen LogP contribution in [0.3, 0.4) is 0 Å². The Labute approximate surface area is 233 Å². The highest BCUT2D eigenvalue weighted by Gasteiger charge is 2.56. The first kappa shape index (κ1) is 29.2. The molecule has 2 fully saturated rings. The SMILES string of the molecule is CCC(CC)C1CC(c2ccccn2)CCN1C(=O)[C@@H]1C[NH2+]C[C@]12CCCc1[nH+]c(Cl)ccc12.[Cl-].[Cl-]. The molecule has 0 bridgehead atoms. The van der Waals surface area contributed by atoms with Crippen LogP contribution in [0.1, 0.15) is 75.2 Å². The second kappa shape index (κ2) is 12.4. The van der Waals surface area contributed by atoms with Crippen molar-refractivity contribution in [1.82, 2.24) is 9.88 Å². The zero-order valence-corrected chi connectivity index (χ0v) is 23.6. The Morgan fingerprint density at radius 1 is 1.25 bits per heavy atom. The van der Waals surface area contributed by atoms with Crippen LogP contribution < -0.4 is 35.1 Å². The summed E-state index contributed by atoms with van der Waals surface area (Å²) in [4.78, 5) is 24.8. The Balaban J connectivity index is 0.00000180. The van der Waals surface area contributed by atoms with Crippen LogP contribution >= 0.6 is 11.6 Å². The molecule has 36 heavy (non-hydrogen) atoms. The number of quaternary nitrogens is 1. The van der Waals surface area contributed by atoms with Gasteiger partial charge in [0.1, 0.15) is 5.92 Å². The minimum Gasteiger partial charge on any atom is -1.00 e. The van der Waals surface area contributed by atoms with Crippen molar-refractivity contribution in [2.24, 2.45) is 11.8 Å². The maximum absolute atomic E-state index is 14.4. The Morgan fingerprint density at radius 2 is 2.06 bits per heavy atom. The lowest BCUT2D eigenvalue weighted by atomic mass is 9.65. The molecule has 5 nitrogen and oxygen atoms in total. The topological polar surface area (TPSA) is 64.0 Å². The van der Waals surface area contributed by atoms with Crippen LogP contribution in [0.5, 0.6) is 0 Å². The van der Waals surface area contributed by atoms with Gasteiger partial charge < -0.3 is 35.0 Å². The van der Waals surface area contributed by atoms with Crippen molar-refractivity contribution in [1.29, 1.82) is 0 Å². The van der Waals surface area contributed by atoms with Crippen molar-refractivity contribution < 1.29 is 39.9 Å². The Hall–Kier alpha value is -1.40. The number of amides is 1. The van der Waals surface area contributed by atoms with E-state index in [2.05, 4.69) is 52.2 Å². The number of aromatic amines is 1. The number of piperidine rings is 1. The maximum atomic E-state index is 14.4. The number of fused-ring (bicyclic) bond motifs is 2. The largest absolute Gasteiger partial charge is 1.00 e. The molecule has 4 atom stereocenters. The third-order valence-electron chi connectivity index (χ3n) is 9.08. The highest BCUT2D eigenvalue weighted by Crippen LogP contribution is 2.45. The molecule has 4 heterocycles. The summed E-state index contributed by atoms with van der Waals surface area (Å²) >= 11 is 6.30. The fourth-order valence-corrected chi connectivity index (χ4v) is 7.49. The van der Waals surface area contributed by atoms with Crippen LogP contribution in [-0.2, 0) is 16.6 Å². The number of carbonyl (C=O) groups is 1. The summed E-state index contributed by atoms with van der Waals surface area (Å²) in [5.74, 6) is 1.38. The van der Waals surface area contributed by atoms with Crippen molar-refractivity contribution in [3.8, 4) is 0 Å². The van der Waals surface area contributed by atoms with Gasteiger partial charge in [0.15, 0.2) is 5.69 Å². The highest BCUT2D eigenvalue weighted by molar-refractivity contribution is 6.28. The molecule has 0 aromatic carbocycles. The van der Waals surface area contributed by atoms with Gasteiger partial charge >= 0.3 is 0 Å². The Kier molecular flexibility index (Phi) is 10.1. The van der Waals surface area contributed by atoms with E-state index in [-0.39, 0.29) is 36.1 Å². The van der Waals surface area contributed by atoms with Crippen LogP contribution in [0.4, 0.5) is 0 Å². The molecule has 2 saturated heterocycles. The van der Waals surface area contributed by atoms with Crippen molar-refractivity contribution >= 4 is 17.5 Å². The average Bonchev–Trinajstić information content (AvgIpc) is 3.28. The number of carbonyl (C=O) groups excluding carboxylic acids is 1. The van der Waals surface area contributed by atoms with Crippen molar-refractivity contribution in [3.05, 3.63) is 58.6 Å². The van der Waals surface area contributed by atoms with Crippen LogP contribution in [0.2, 0.25) is 5.15 Å². The third-order valence-corrected chi connectivity index (χ3v) is 9.30. The number of halogens is 3. The van der Waals surface area contributed by atoms with Crippen LogP contribution in [0.25, 0.3) is 0 Å². The zero-order valence-electron chi connectivity index (χ0n) is 21.4. The van der Waals surface area contributed by atoms with E-state index in [0.717, 1.165) is 64.6 Å². The molecule has 3 aliphatic rings. The number of aryl methyl sites for hydroxylation is 1. The van der Waals surface area contributed by atoms with Crippen LogP contribution in [0, 0.1) is 11.8 Å². The highest BCUT2D eigenvalue weighted by atomic mass is 35.5. The predicted octanol–water partition coefficient (Wildman–Crippen LogP) is -2.46. The van der Waals surface area contributed by atoms with Gasteiger partial charge in [-0.15, -0.1) is 0 Å². The monoisotopic (exact) mass is 552 g/mol. The Morgan fingerprint density at radius 3 is 2.78 bits per heavy atom. The lowest BCUT2D eigenvalue weighted by Gasteiger charge is -2.45. The van der Waals surface area contributed by atoms with Gasteiger partial charge in [-0.25, -0.2) is 0 Å². The number of aromatic nitrogens is 2. The van der Waals surface area contributed by atoms with Crippen molar-refractivity contribution in [2.45, 2.75) is 76.2 Å². The summed E-state index contributed by atoms with van der Waals surface area (Å²) < 4.78 is 0. The fraction of sp³-hybridized carbons (Fsp3) is 0.607. The quantitative estimate of drug-likeness (QED) is 0.418. The molecule has 0 radical (unpaired) electrons. The van der Waals surface area contributed by atoms with E-state index in [4.69, 9.17) is 11.6 Å². The summed E-state index contributed by atoms with van der Waals surface area (Å²) in [6.07, 6.45) is 9.37. The van der Waals surface area contributed by atoms with E-state index >= 15 is 0 Å². The van der Waals surface area contributed by atoms with E-state index in [1.807, 2.05) is 18.3 Å². The molecule has 1 spiro atoms. The number of nitrogens with zero attached hydrogens (tertiary/aromatic N) is 2. The molecule has 2 aliphatic heterocycles. The standard InChI is InChI=1S/C28H37ClN4O.2ClH/c1-3-19(4-2)25-16-20(23-8-5-6-14-31-23)12-15-33(25)27(34)22-17-30-18-28(22)13-7-9-24-21(28)10-11-26(29)32-24;;/h5-6,8,10-11,14,19-20,22,25,30H,3-4,7,9,12-13,15-18H2,1-2H3;2*1H/t20?,22-,25?,28-;;/m0../s1. The molecule has 2 unspecified atom stereocenters. The van der Waals surface area contributed by atoms with Crippen LogP contribution in [0.15, 0.2) is 36.5 Å². The molecule has 8 heteroatoms. The van der Waals surface area contributed by atoms with E-state index < -0.39 is 0 Å². The van der Waals surface area contributed by atoms with Gasteiger partial charge in [-0.2, -0.15) is 4.98 Å². The fourth-order valence-electron chi connectivity index (χ4n) is 7.31. The molecule has 2 aromatic heterocycles. The van der Waals surface area contributed by atoms with Gasteiger partial charge in [-0.1, -0.05) is 32.8 Å². The number of H-pyrrole nitrogens is 1. The lowest BCUT2D eigenvalue weighted by Crippen LogP contribution is -3.00. The number of nitrogens with one attached hydrogen (secondary N) is 1. The van der Waals surface area contributed by atoms with Crippen LogP contribution in [-0.4, -0.2) is 41.5 Å². The molecule has 3 N–H and O–H groups in total. The first-order chi connectivity index (χ1) is 16.6. The normalized spacial score (nSPS) is 27.3. The zero-order chi connectivity index (χ0) is 23.7. The first-order valence-corrected chi connectivity index (χ1v) is 13.7. The van der Waals surface area contributed by atoms with E-state index in [1.54, 1.807) is 0 Å². The smallest absolute Gasteiger partial charge is 0.273 e. The molecular formula is C28H39Cl3N4O. The molecule has 5 rings (SSSR count). The van der Waals surface area contributed by atoms with E-state index in [0.29, 0.717) is 28.9 Å². The number of likely N-dealkylation sites (tertiary alicyclic amines) is 1. The molecule has 0 saturated carbocycles. The minimum absolute atomic E-state index is 0. The van der Waals surface area contributed by atoms with Crippen molar-refractivity contribution in [2.75, 3.05) is 19.6 Å². The second-order valence-electron chi connectivity index (χ2n) is 10.6. The van der Waals surface area contributed by atoms with Crippen molar-refractivity contribution in [3.63, 3.8) is 0 Å². The molecule has 198 valence electrons. The van der Waals surface area contributed by atoms with Gasteiger partial charge in [0.2, 0.25) is 5.91 Å². The Bertz CT molecular complexity index is 1020. The summed E-state index contributed by atoms with van der Waals surface area (Å²) in [5, 5.41) is 3.06. The number of nitrogens with two attached hydrogens (primary N) is 1. The van der Waals surface area contributed by atoms with E-state index in [9.17, 15) is 4.79 Å².